The van der Waals surface area contributed by atoms with E-state index in [1.54, 1.807) is 0 Å². The molecule has 0 spiro atoms. The quantitative estimate of drug-likeness (QED) is 0.114. The van der Waals surface area contributed by atoms with Gasteiger partial charge in [-0.05, 0) is 0 Å². The van der Waals surface area contributed by atoms with Gasteiger partial charge in [-0.15, -0.1) is 0 Å². The van der Waals surface area contributed by atoms with Crippen molar-refractivity contribution in [1.29, 1.82) is 0 Å². The molecule has 5 aromatic rings. The molecule has 0 bridgehead atoms. The summed E-state index contributed by atoms with van der Waals surface area (Å²) in [6, 6.07) is 50.8. The third-order valence-corrected chi connectivity index (χ3v) is 19.6. The van der Waals surface area contributed by atoms with Gasteiger partial charge in [-0.25, -0.2) is 0 Å². The number of hydrogen-bond donors (Lipinski definition) is 0. The van der Waals surface area contributed by atoms with E-state index >= 15 is 0 Å². The van der Waals surface area contributed by atoms with Gasteiger partial charge < -0.3 is 0 Å². The molecule has 0 fully saturated rings. The maximum absolute atomic E-state index is 11.3. The summed E-state index contributed by atoms with van der Waals surface area (Å²) in [6.07, 6.45) is 0.878. The van der Waals surface area contributed by atoms with Crippen molar-refractivity contribution in [2.45, 2.75) is 0 Å². The van der Waals surface area contributed by atoms with Crippen molar-refractivity contribution in [3.63, 3.8) is 0 Å². The molecule has 0 heterocycles. The fourth-order valence-electron chi connectivity index (χ4n) is 4.56. The minimum atomic E-state index is -2.34. The van der Waals surface area contributed by atoms with Gasteiger partial charge in [0.15, 0.2) is 0 Å². The van der Waals surface area contributed by atoms with Crippen molar-refractivity contribution in [3.8, 4) is 0 Å². The third kappa shape index (κ3) is 5.47. The van der Waals surface area contributed by atoms with Gasteiger partial charge in [0.05, 0.1) is 0 Å². The fourth-order valence-corrected chi connectivity index (χ4v) is 18.4. The van der Waals surface area contributed by atoms with E-state index in [1.807, 2.05) is 24.3 Å². The molecule has 0 aliphatic rings. The second-order valence-electron chi connectivity index (χ2n) is 8.80. The molecule has 182 valence electrons. The zero-order chi connectivity index (χ0) is 25.6. The summed E-state index contributed by atoms with van der Waals surface area (Å²) in [5.41, 5.74) is -0.462. The molecule has 0 unspecified atom stereocenters. The molecule has 0 atom stereocenters. The summed E-state index contributed by atoms with van der Waals surface area (Å²) >= 11 is 3.75. The Bertz CT molecular complexity index is 1480. The van der Waals surface area contributed by atoms with Gasteiger partial charge in [0.25, 0.3) is 0 Å². The Balaban J connectivity index is 1.84. The van der Waals surface area contributed by atoms with Crippen LogP contribution in [-0.4, -0.2) is 27.3 Å². The van der Waals surface area contributed by atoms with Crippen LogP contribution in [0.2, 0.25) is 0 Å². The normalized spacial score (nSPS) is 11.6. The van der Waals surface area contributed by atoms with E-state index in [-0.39, 0.29) is 0 Å². The predicted octanol–water partition coefficient (Wildman–Crippen LogP) is 6.69. The Hall–Kier alpha value is -3.05. The summed E-state index contributed by atoms with van der Waals surface area (Å²) in [5, 5.41) is 5.13. The number of aldehydes is 1. The van der Waals surface area contributed by atoms with Crippen LogP contribution < -0.4 is 21.2 Å². The van der Waals surface area contributed by atoms with Crippen LogP contribution in [0.3, 0.4) is 0 Å². The Morgan fingerprint density at radius 3 is 1.30 bits per heavy atom. The zero-order valence-corrected chi connectivity index (χ0v) is 23.8. The van der Waals surface area contributed by atoms with Crippen LogP contribution in [0.25, 0.3) is 0 Å². The van der Waals surface area contributed by atoms with Crippen LogP contribution in [-0.2, 0) is 0 Å². The molecule has 5 heteroatoms. The number of rotatable bonds is 8. The molecule has 0 aliphatic carbocycles. The monoisotopic (exact) mass is 583 g/mol. The average Bonchev–Trinajstić information content (AvgIpc) is 2.99. The average molecular weight is 582 g/mol. The second-order valence-corrected chi connectivity index (χ2v) is 19.1. The van der Waals surface area contributed by atoms with Gasteiger partial charge in [0, 0.05) is 0 Å². The third-order valence-electron chi connectivity index (χ3n) is 6.43. The Morgan fingerprint density at radius 2 is 0.919 bits per heavy atom. The summed E-state index contributed by atoms with van der Waals surface area (Å²) in [5.74, 6) is 0.873. The number of carbonyl (C=O) groups is 1. The Morgan fingerprint density at radius 1 is 0.541 bits per heavy atom. The first-order valence-electron chi connectivity index (χ1n) is 12.1. The topological polar surface area (TPSA) is 29.4 Å². The van der Waals surface area contributed by atoms with Crippen molar-refractivity contribution in [3.05, 3.63) is 151 Å². The number of hydrogen-bond acceptors (Lipinski definition) is 2. The van der Waals surface area contributed by atoms with Gasteiger partial charge in [-0.1, -0.05) is 0 Å². The first-order valence-corrected chi connectivity index (χ1v) is 18.2. The minimum absolute atomic E-state index is 0.654. The molecule has 0 aromatic heterocycles. The van der Waals surface area contributed by atoms with Gasteiger partial charge in [-0.3, -0.25) is 0 Å². The van der Waals surface area contributed by atoms with Crippen LogP contribution in [0, 0.1) is 0 Å². The van der Waals surface area contributed by atoms with Crippen LogP contribution in [0.15, 0.2) is 150 Å². The molecule has 0 amide bonds. The molecule has 5 aromatic carbocycles. The van der Waals surface area contributed by atoms with E-state index in [9.17, 15) is 4.79 Å². The van der Waals surface area contributed by atoms with Crippen molar-refractivity contribution >= 4 is 60.9 Å². The molecule has 0 radical (unpaired) electrons. The summed E-state index contributed by atoms with van der Waals surface area (Å²) in [6.45, 7) is 0. The SMILES string of the molecule is O=Cc1ccc(N=P(CP(=[Se])(c2ccccc2)c2ccccc2)(c2ccccc2)c2ccccc2)cc1. The molecule has 37 heavy (non-hydrogen) atoms. The van der Waals surface area contributed by atoms with Crippen LogP contribution in [0.4, 0.5) is 5.69 Å². The van der Waals surface area contributed by atoms with E-state index in [1.165, 1.54) is 21.2 Å². The molecular formula is C32H27NOP2Se. The van der Waals surface area contributed by atoms with Crippen LogP contribution in [0.1, 0.15) is 10.4 Å². The van der Waals surface area contributed by atoms with E-state index in [0.717, 1.165) is 17.9 Å². The summed E-state index contributed by atoms with van der Waals surface area (Å²) in [7, 11) is -2.34. The van der Waals surface area contributed by atoms with Crippen molar-refractivity contribution in [1.82, 2.24) is 0 Å². The van der Waals surface area contributed by atoms with Gasteiger partial charge in [0.1, 0.15) is 0 Å². The van der Waals surface area contributed by atoms with Crippen molar-refractivity contribution in [2.75, 3.05) is 5.90 Å². The van der Waals surface area contributed by atoms with Gasteiger partial charge in [0.2, 0.25) is 0 Å². The zero-order valence-electron chi connectivity index (χ0n) is 20.3. The van der Waals surface area contributed by atoms with E-state index in [4.69, 9.17) is 4.74 Å². The number of nitrogens with zero attached hydrogens (tertiary/aromatic N) is 1. The number of benzene rings is 5. The van der Waals surface area contributed by atoms with E-state index in [2.05, 4.69) is 136 Å². The fraction of sp³-hybridized carbons (Fsp3) is 0.0312. The summed E-state index contributed by atoms with van der Waals surface area (Å²) in [4.78, 5) is 11.3. The molecule has 0 saturated heterocycles. The van der Waals surface area contributed by atoms with Gasteiger partial charge in [-0.2, -0.15) is 0 Å². The second kappa shape index (κ2) is 11.6. The Labute approximate surface area is 226 Å². The summed E-state index contributed by atoms with van der Waals surface area (Å²) < 4.78 is 5.64. The Kier molecular flexibility index (Phi) is 7.99. The van der Waals surface area contributed by atoms with Crippen LogP contribution >= 0.6 is 12.6 Å². The van der Waals surface area contributed by atoms with E-state index in [0.29, 0.717) is 5.56 Å². The van der Waals surface area contributed by atoms with Crippen LogP contribution in [0.5, 0.6) is 0 Å². The number of carbonyl (C=O) groups excluding carboxylic acids is 1. The molecule has 0 aliphatic heterocycles. The molecule has 0 saturated carbocycles. The van der Waals surface area contributed by atoms with Crippen molar-refractivity contribution in [2.24, 2.45) is 4.74 Å². The first kappa shape index (κ1) is 25.6. The molecule has 2 nitrogen and oxygen atoms in total. The molecule has 0 N–H and O–H groups in total. The van der Waals surface area contributed by atoms with Gasteiger partial charge >= 0.3 is 227 Å². The maximum atomic E-state index is 11.3. The molecular weight excluding hydrogens is 555 g/mol. The standard InChI is InChI=1S/C32H27NOP2Se/c34-25-27-21-23-28(24-22-27)33-35(29-13-5-1-6-14-29,30-15-7-2-8-16-30)26-36(37,31-17-9-3-10-18-31)32-19-11-4-12-20-32/h1-25H,26H2. The van der Waals surface area contributed by atoms with Crippen molar-refractivity contribution < 1.29 is 4.79 Å². The van der Waals surface area contributed by atoms with E-state index < -0.39 is 12.6 Å². The molecule has 5 rings (SSSR count). The first-order chi connectivity index (χ1) is 18.1. The predicted molar refractivity (Wildman–Crippen MR) is 163 cm³/mol.